The topological polar surface area (TPSA) is 40.5 Å². The molecule has 18 heavy (non-hydrogen) atoms. The molecule has 1 aromatic carbocycles. The van der Waals surface area contributed by atoms with Crippen LogP contribution in [0.15, 0.2) is 18.2 Å². The van der Waals surface area contributed by atoms with Crippen molar-refractivity contribution < 1.29 is 14.3 Å². The average molecular weight is 251 g/mol. The Balaban J connectivity index is 1.96. The Labute approximate surface area is 106 Å². The van der Waals surface area contributed by atoms with E-state index in [4.69, 9.17) is 5.11 Å². The third-order valence-corrected chi connectivity index (χ3v) is 3.54. The summed E-state index contributed by atoms with van der Waals surface area (Å²) in [6.07, 6.45) is 1.27. The molecule has 2 unspecified atom stereocenters. The number of carboxylic acids is 1. The van der Waals surface area contributed by atoms with Gasteiger partial charge in [-0.25, -0.2) is 9.18 Å². The van der Waals surface area contributed by atoms with Crippen molar-refractivity contribution in [2.75, 3.05) is 13.6 Å². The van der Waals surface area contributed by atoms with Crippen molar-refractivity contribution >= 4 is 5.97 Å². The van der Waals surface area contributed by atoms with E-state index in [-0.39, 0.29) is 5.56 Å². The molecule has 0 radical (unpaired) electrons. The highest BCUT2D eigenvalue weighted by Gasteiger charge is 2.32. The van der Waals surface area contributed by atoms with Crippen molar-refractivity contribution in [2.45, 2.75) is 19.9 Å². The zero-order chi connectivity index (χ0) is 13.3. The molecule has 2 atom stereocenters. The normalized spacial score (nSPS) is 22.2. The summed E-state index contributed by atoms with van der Waals surface area (Å²) in [5, 5.41) is 8.74. The van der Waals surface area contributed by atoms with E-state index in [0.29, 0.717) is 6.54 Å². The lowest BCUT2D eigenvalue weighted by Gasteiger charge is -2.16. The molecule has 0 aromatic heterocycles. The maximum Gasteiger partial charge on any atom is 0.338 e. The van der Waals surface area contributed by atoms with Crippen LogP contribution >= 0.6 is 0 Å². The molecule has 1 fully saturated rings. The first-order valence-electron chi connectivity index (χ1n) is 6.17. The van der Waals surface area contributed by atoms with Gasteiger partial charge in [0.1, 0.15) is 5.82 Å². The van der Waals surface area contributed by atoms with Gasteiger partial charge in [-0.05, 0) is 43.0 Å². The van der Waals surface area contributed by atoms with Crippen molar-refractivity contribution in [1.29, 1.82) is 0 Å². The van der Waals surface area contributed by atoms with Gasteiger partial charge >= 0.3 is 5.97 Å². The molecule has 1 aliphatic rings. The Morgan fingerprint density at radius 3 is 2.72 bits per heavy atom. The summed E-state index contributed by atoms with van der Waals surface area (Å²) in [4.78, 5) is 12.9. The van der Waals surface area contributed by atoms with Crippen LogP contribution in [-0.2, 0) is 6.54 Å². The highest BCUT2D eigenvalue weighted by Crippen LogP contribution is 2.38. The van der Waals surface area contributed by atoms with Crippen LogP contribution < -0.4 is 0 Å². The van der Waals surface area contributed by atoms with E-state index in [9.17, 15) is 9.18 Å². The third kappa shape index (κ3) is 3.07. The van der Waals surface area contributed by atoms with E-state index in [1.54, 1.807) is 6.07 Å². The molecule has 2 rings (SSSR count). The second-order valence-electron chi connectivity index (χ2n) is 5.29. The van der Waals surface area contributed by atoms with E-state index in [1.165, 1.54) is 18.6 Å². The number of carboxylic acid groups (broad SMARTS) is 1. The van der Waals surface area contributed by atoms with Gasteiger partial charge in [0.2, 0.25) is 0 Å². The minimum atomic E-state index is -1.22. The van der Waals surface area contributed by atoms with Gasteiger partial charge in [-0.3, -0.25) is 0 Å². The Morgan fingerprint density at radius 2 is 2.22 bits per heavy atom. The van der Waals surface area contributed by atoms with Crippen LogP contribution in [0.1, 0.15) is 29.3 Å². The lowest BCUT2D eigenvalue weighted by molar-refractivity contribution is 0.0692. The van der Waals surface area contributed by atoms with Gasteiger partial charge < -0.3 is 10.0 Å². The maximum absolute atomic E-state index is 13.5. The molecule has 0 amide bonds. The Hall–Kier alpha value is -1.42. The number of rotatable bonds is 5. The third-order valence-electron chi connectivity index (χ3n) is 3.54. The Kier molecular flexibility index (Phi) is 3.66. The number of hydrogen-bond acceptors (Lipinski definition) is 2. The number of aromatic carboxylic acids is 1. The van der Waals surface area contributed by atoms with Crippen LogP contribution in [0.5, 0.6) is 0 Å². The van der Waals surface area contributed by atoms with Gasteiger partial charge in [0, 0.05) is 13.1 Å². The van der Waals surface area contributed by atoms with E-state index in [0.717, 1.165) is 23.9 Å². The van der Waals surface area contributed by atoms with Crippen LogP contribution in [0.4, 0.5) is 4.39 Å². The van der Waals surface area contributed by atoms with Gasteiger partial charge in [-0.15, -0.1) is 0 Å². The summed E-state index contributed by atoms with van der Waals surface area (Å²) < 4.78 is 13.5. The summed E-state index contributed by atoms with van der Waals surface area (Å²) in [6.45, 7) is 3.91. The molecule has 0 spiro atoms. The van der Waals surface area contributed by atoms with E-state index < -0.39 is 11.8 Å². The summed E-state index contributed by atoms with van der Waals surface area (Å²) in [7, 11) is 2.01. The second kappa shape index (κ2) is 5.06. The smallest absolute Gasteiger partial charge is 0.338 e. The SMILES string of the molecule is CC1CC1CN(C)Cc1ccc(C(=O)O)c(F)c1. The first kappa shape index (κ1) is 13.0. The van der Waals surface area contributed by atoms with E-state index in [1.807, 2.05) is 7.05 Å². The van der Waals surface area contributed by atoms with E-state index >= 15 is 0 Å². The fraction of sp³-hybridized carbons (Fsp3) is 0.500. The molecule has 98 valence electrons. The molecule has 4 heteroatoms. The molecular formula is C14H18FNO2. The first-order valence-corrected chi connectivity index (χ1v) is 6.17. The number of benzene rings is 1. The maximum atomic E-state index is 13.5. The van der Waals surface area contributed by atoms with Crippen molar-refractivity contribution in [2.24, 2.45) is 11.8 Å². The minimum absolute atomic E-state index is 0.266. The highest BCUT2D eigenvalue weighted by atomic mass is 19.1. The average Bonchev–Trinajstić information content (AvgIpc) is 2.93. The molecule has 0 heterocycles. The summed E-state index contributed by atoms with van der Waals surface area (Å²) >= 11 is 0. The number of carbonyl (C=O) groups is 1. The zero-order valence-electron chi connectivity index (χ0n) is 10.7. The van der Waals surface area contributed by atoms with Crippen molar-refractivity contribution in [3.05, 3.63) is 35.1 Å². The molecule has 0 saturated heterocycles. The van der Waals surface area contributed by atoms with Crippen molar-refractivity contribution in [3.63, 3.8) is 0 Å². The Morgan fingerprint density at radius 1 is 1.56 bits per heavy atom. The fourth-order valence-corrected chi connectivity index (χ4v) is 2.26. The quantitative estimate of drug-likeness (QED) is 0.874. The van der Waals surface area contributed by atoms with Gasteiger partial charge in [-0.1, -0.05) is 13.0 Å². The highest BCUT2D eigenvalue weighted by molar-refractivity contribution is 5.87. The van der Waals surface area contributed by atoms with Gasteiger partial charge in [0.15, 0.2) is 0 Å². The minimum Gasteiger partial charge on any atom is -0.478 e. The number of hydrogen-bond donors (Lipinski definition) is 1. The number of nitrogens with zero attached hydrogens (tertiary/aromatic N) is 1. The fourth-order valence-electron chi connectivity index (χ4n) is 2.26. The van der Waals surface area contributed by atoms with Gasteiger partial charge in [0.05, 0.1) is 5.56 Å². The van der Waals surface area contributed by atoms with Crippen LogP contribution in [0.25, 0.3) is 0 Å². The predicted molar refractivity (Wildman–Crippen MR) is 67.0 cm³/mol. The van der Waals surface area contributed by atoms with Crippen LogP contribution in [0, 0.1) is 17.7 Å². The standard InChI is InChI=1S/C14H18FNO2/c1-9-5-11(9)8-16(2)7-10-3-4-12(14(17)18)13(15)6-10/h3-4,6,9,11H,5,7-8H2,1-2H3,(H,17,18). The lowest BCUT2D eigenvalue weighted by atomic mass is 10.1. The van der Waals surface area contributed by atoms with Crippen LogP contribution in [0.3, 0.4) is 0 Å². The summed E-state index contributed by atoms with van der Waals surface area (Å²) in [6, 6.07) is 4.33. The Bertz CT molecular complexity index is 461. The van der Waals surface area contributed by atoms with Crippen LogP contribution in [0.2, 0.25) is 0 Å². The molecule has 1 aromatic rings. The molecule has 1 aliphatic carbocycles. The summed E-state index contributed by atoms with van der Waals surface area (Å²) in [5.74, 6) is -0.316. The molecule has 1 saturated carbocycles. The van der Waals surface area contributed by atoms with Gasteiger partial charge in [-0.2, -0.15) is 0 Å². The molecule has 1 N–H and O–H groups in total. The molecule has 0 aliphatic heterocycles. The first-order chi connectivity index (χ1) is 8.47. The zero-order valence-corrected chi connectivity index (χ0v) is 10.7. The predicted octanol–water partition coefficient (Wildman–Crippen LogP) is 2.61. The van der Waals surface area contributed by atoms with Crippen molar-refractivity contribution in [3.8, 4) is 0 Å². The molecular weight excluding hydrogens is 233 g/mol. The largest absolute Gasteiger partial charge is 0.478 e. The number of halogens is 1. The monoisotopic (exact) mass is 251 g/mol. The lowest BCUT2D eigenvalue weighted by Crippen LogP contribution is -2.21. The molecule has 0 bridgehead atoms. The van der Waals surface area contributed by atoms with Crippen LogP contribution in [-0.4, -0.2) is 29.6 Å². The molecule has 3 nitrogen and oxygen atoms in total. The van der Waals surface area contributed by atoms with Crippen molar-refractivity contribution in [1.82, 2.24) is 4.90 Å². The van der Waals surface area contributed by atoms with E-state index in [2.05, 4.69) is 11.8 Å². The van der Waals surface area contributed by atoms with Gasteiger partial charge in [0.25, 0.3) is 0 Å². The summed E-state index contributed by atoms with van der Waals surface area (Å²) in [5.41, 5.74) is 0.547. The second-order valence-corrected chi connectivity index (χ2v) is 5.29.